The highest BCUT2D eigenvalue weighted by molar-refractivity contribution is 6.43. The third-order valence-electron chi connectivity index (χ3n) is 9.08. The Balaban J connectivity index is 3.55. The number of nitrogens with one attached hydrogen (secondary N) is 6. The fourth-order valence-corrected chi connectivity index (χ4v) is 5.77. The molecule has 6 amide bonds. The number of benzene rings is 1. The van der Waals surface area contributed by atoms with Gasteiger partial charge in [-0.3, -0.25) is 43.2 Å². The van der Waals surface area contributed by atoms with E-state index in [1.807, 2.05) is 13.8 Å². The standard InChI is InChI=1S/C38H59BN6O14/c1-8-27(39(58)59)44-35(55)24(17-20(2)3)43-37(57)32(38(5,6)7)45-36(56)25(18-22-12-10-9-11-21(22)4)42-33(53)23(13-15-29(47)48)41-34(54)26(19-31(51)52)40-28(46)14-16-30(49)50/h9-12,20,23-27,32,58-59H,8,13-19H2,1-7H3,(H,40,46)(H,41,54)(H,42,53)(H,43,57)(H,44,55)(H,45,56)(H,47,48)(H,49,50)(H,51,52)/t23-,24-,25-,26-,27-,32+/m0/s1. The zero-order chi connectivity index (χ0) is 45.2. The highest BCUT2D eigenvalue weighted by atomic mass is 16.4. The molecule has 21 heteroatoms. The molecule has 59 heavy (non-hydrogen) atoms. The van der Waals surface area contributed by atoms with Crippen LogP contribution in [-0.2, 0) is 49.6 Å². The molecule has 0 bridgehead atoms. The van der Waals surface area contributed by atoms with Gasteiger partial charge in [-0.2, -0.15) is 0 Å². The van der Waals surface area contributed by atoms with Gasteiger partial charge in [-0.25, -0.2) is 0 Å². The summed E-state index contributed by atoms with van der Waals surface area (Å²) >= 11 is 0. The molecule has 328 valence electrons. The van der Waals surface area contributed by atoms with E-state index < -0.39 is 134 Å². The van der Waals surface area contributed by atoms with E-state index in [4.69, 9.17) is 5.11 Å². The lowest BCUT2D eigenvalue weighted by Gasteiger charge is -2.34. The number of aliphatic carboxylic acids is 3. The van der Waals surface area contributed by atoms with Gasteiger partial charge in [0.05, 0.1) is 18.8 Å². The van der Waals surface area contributed by atoms with Crippen molar-refractivity contribution < 1.29 is 68.5 Å². The molecule has 0 spiro atoms. The molecule has 0 unspecified atom stereocenters. The Kier molecular flexibility index (Phi) is 21.3. The molecule has 0 fully saturated rings. The Morgan fingerprint density at radius 2 is 1.17 bits per heavy atom. The van der Waals surface area contributed by atoms with Crippen molar-refractivity contribution in [1.82, 2.24) is 31.9 Å². The fourth-order valence-electron chi connectivity index (χ4n) is 5.77. The zero-order valence-electron chi connectivity index (χ0n) is 34.5. The summed E-state index contributed by atoms with van der Waals surface area (Å²) in [5.74, 6) is -10.9. The van der Waals surface area contributed by atoms with E-state index in [0.717, 1.165) is 5.56 Å². The van der Waals surface area contributed by atoms with Crippen molar-refractivity contribution in [2.75, 3.05) is 0 Å². The summed E-state index contributed by atoms with van der Waals surface area (Å²) in [6.45, 7) is 11.9. The average Bonchev–Trinajstić information content (AvgIpc) is 3.12. The van der Waals surface area contributed by atoms with E-state index in [0.29, 0.717) is 5.56 Å². The van der Waals surface area contributed by atoms with Gasteiger partial charge in [0, 0.05) is 19.3 Å². The topological polar surface area (TPSA) is 327 Å². The second kappa shape index (κ2) is 24.4. The molecule has 0 aliphatic rings. The van der Waals surface area contributed by atoms with Gasteiger partial charge in [0.25, 0.3) is 0 Å². The van der Waals surface area contributed by atoms with Crippen LogP contribution in [0.15, 0.2) is 24.3 Å². The van der Waals surface area contributed by atoms with Crippen molar-refractivity contribution in [3.8, 4) is 0 Å². The summed E-state index contributed by atoms with van der Waals surface area (Å²) in [5, 5.41) is 61.7. The third kappa shape index (κ3) is 19.2. The number of aryl methyl sites for hydroxylation is 1. The SMILES string of the molecule is CC[C@H](NC(=O)[C@H](CC(C)C)NC(=O)[C@@H](NC(=O)[C@H](Cc1ccccc1C)NC(=O)[C@H](CCC(=O)O)NC(=O)[C@H](CC(=O)O)NC(=O)CCC(=O)O)C(C)(C)C)B(O)O. The number of rotatable bonds is 25. The van der Waals surface area contributed by atoms with Crippen LogP contribution in [0.25, 0.3) is 0 Å². The normalized spacial score (nSPS) is 14.3. The maximum atomic E-state index is 14.2. The van der Waals surface area contributed by atoms with Crippen LogP contribution in [0, 0.1) is 18.3 Å². The smallest absolute Gasteiger partial charge is 0.475 e. The molecule has 0 aliphatic heterocycles. The van der Waals surface area contributed by atoms with Crippen molar-refractivity contribution in [2.45, 2.75) is 136 Å². The van der Waals surface area contributed by atoms with E-state index in [1.165, 1.54) is 0 Å². The van der Waals surface area contributed by atoms with Crippen molar-refractivity contribution >= 4 is 60.5 Å². The van der Waals surface area contributed by atoms with Gasteiger partial charge < -0.3 is 57.3 Å². The minimum absolute atomic E-state index is 0.108. The average molecular weight is 835 g/mol. The Morgan fingerprint density at radius 3 is 1.68 bits per heavy atom. The molecule has 0 radical (unpaired) electrons. The second-order valence-corrected chi connectivity index (χ2v) is 15.7. The first kappa shape index (κ1) is 51.5. The molecule has 1 rings (SSSR count). The third-order valence-corrected chi connectivity index (χ3v) is 9.08. The van der Waals surface area contributed by atoms with E-state index in [9.17, 15) is 63.4 Å². The molecular formula is C38H59BN6O14. The minimum atomic E-state index is -1.86. The van der Waals surface area contributed by atoms with Crippen molar-refractivity contribution in [2.24, 2.45) is 11.3 Å². The highest BCUT2D eigenvalue weighted by Crippen LogP contribution is 2.21. The Morgan fingerprint density at radius 1 is 0.644 bits per heavy atom. The summed E-state index contributed by atoms with van der Waals surface area (Å²) in [7, 11) is -1.86. The molecule has 0 saturated heterocycles. The lowest BCUT2D eigenvalue weighted by atomic mass is 9.77. The Bertz CT molecular complexity index is 1670. The lowest BCUT2D eigenvalue weighted by Crippen LogP contribution is -2.62. The molecule has 0 saturated carbocycles. The summed E-state index contributed by atoms with van der Waals surface area (Å²) < 4.78 is 0. The maximum absolute atomic E-state index is 14.2. The lowest BCUT2D eigenvalue weighted by molar-refractivity contribution is -0.142. The van der Waals surface area contributed by atoms with Crippen molar-refractivity contribution in [3.05, 3.63) is 35.4 Å². The van der Waals surface area contributed by atoms with Crippen LogP contribution < -0.4 is 31.9 Å². The van der Waals surface area contributed by atoms with Gasteiger partial charge >= 0.3 is 25.0 Å². The minimum Gasteiger partial charge on any atom is -0.481 e. The molecule has 11 N–H and O–H groups in total. The number of amides is 6. The number of carboxylic acid groups (broad SMARTS) is 3. The fraction of sp³-hybridized carbons (Fsp3) is 0.605. The number of carboxylic acids is 3. The number of hydrogen-bond acceptors (Lipinski definition) is 11. The van der Waals surface area contributed by atoms with Crippen LogP contribution in [0.5, 0.6) is 0 Å². The summed E-state index contributed by atoms with van der Waals surface area (Å²) in [4.78, 5) is 115. The van der Waals surface area contributed by atoms with Crippen molar-refractivity contribution in [3.63, 3.8) is 0 Å². The maximum Gasteiger partial charge on any atom is 0.475 e. The first-order chi connectivity index (χ1) is 27.4. The van der Waals surface area contributed by atoms with Gasteiger partial charge in [0.1, 0.15) is 30.2 Å². The zero-order valence-corrected chi connectivity index (χ0v) is 34.5. The second-order valence-electron chi connectivity index (χ2n) is 15.7. The summed E-state index contributed by atoms with van der Waals surface area (Å²) in [6, 6.07) is -0.577. The quantitative estimate of drug-likeness (QED) is 0.0536. The first-order valence-electron chi connectivity index (χ1n) is 19.2. The molecule has 0 aliphatic carbocycles. The number of carbonyl (C=O) groups excluding carboxylic acids is 6. The number of hydrogen-bond donors (Lipinski definition) is 11. The molecule has 1 aromatic carbocycles. The molecule has 0 heterocycles. The van der Waals surface area contributed by atoms with Gasteiger partial charge in [0.2, 0.25) is 35.4 Å². The monoisotopic (exact) mass is 834 g/mol. The summed E-state index contributed by atoms with van der Waals surface area (Å²) in [6.07, 6.45) is -3.25. The van der Waals surface area contributed by atoms with Crippen LogP contribution in [0.3, 0.4) is 0 Å². The van der Waals surface area contributed by atoms with E-state index in [2.05, 4.69) is 31.9 Å². The molecular weight excluding hydrogens is 775 g/mol. The number of carbonyl (C=O) groups is 9. The van der Waals surface area contributed by atoms with Crippen LogP contribution in [0.4, 0.5) is 0 Å². The molecule has 0 aromatic heterocycles. The molecule has 1 aromatic rings. The largest absolute Gasteiger partial charge is 0.481 e. The van der Waals surface area contributed by atoms with Gasteiger partial charge in [-0.05, 0) is 48.6 Å². The Labute approximate surface area is 343 Å². The van der Waals surface area contributed by atoms with Crippen LogP contribution >= 0.6 is 0 Å². The summed E-state index contributed by atoms with van der Waals surface area (Å²) in [5.41, 5.74) is 0.304. The van der Waals surface area contributed by atoms with Crippen LogP contribution in [0.2, 0.25) is 0 Å². The highest BCUT2D eigenvalue weighted by Gasteiger charge is 2.38. The predicted octanol–water partition coefficient (Wildman–Crippen LogP) is -0.835. The van der Waals surface area contributed by atoms with Gasteiger partial charge in [0.15, 0.2) is 0 Å². The van der Waals surface area contributed by atoms with Crippen LogP contribution in [-0.4, -0.2) is 122 Å². The molecule has 6 atom stereocenters. The van der Waals surface area contributed by atoms with Crippen LogP contribution in [0.1, 0.15) is 97.6 Å². The van der Waals surface area contributed by atoms with E-state index in [1.54, 1.807) is 58.9 Å². The van der Waals surface area contributed by atoms with Gasteiger partial charge in [-0.15, -0.1) is 0 Å². The van der Waals surface area contributed by atoms with E-state index in [-0.39, 0.29) is 25.2 Å². The Hall–Kier alpha value is -5.57. The molecule has 20 nitrogen and oxygen atoms in total. The first-order valence-corrected chi connectivity index (χ1v) is 19.2. The van der Waals surface area contributed by atoms with E-state index >= 15 is 0 Å². The predicted molar refractivity (Wildman–Crippen MR) is 212 cm³/mol. The van der Waals surface area contributed by atoms with Crippen molar-refractivity contribution in [1.29, 1.82) is 0 Å². The van der Waals surface area contributed by atoms with Gasteiger partial charge in [-0.1, -0.05) is 65.8 Å².